The summed E-state index contributed by atoms with van der Waals surface area (Å²) in [5.41, 5.74) is 18.1. The van der Waals surface area contributed by atoms with Crippen LogP contribution in [0.2, 0.25) is 10.0 Å². The molecule has 0 aliphatic carbocycles. The molecule has 0 radical (unpaired) electrons. The summed E-state index contributed by atoms with van der Waals surface area (Å²) in [6.07, 6.45) is 4.96. The first-order valence-electron chi connectivity index (χ1n) is 12.3. The molecule has 4 aromatic rings. The van der Waals surface area contributed by atoms with Crippen LogP contribution in [0, 0.1) is 0 Å². The van der Waals surface area contributed by atoms with Gasteiger partial charge in [0.2, 0.25) is 0 Å². The zero-order valence-corrected chi connectivity index (χ0v) is 23.0. The van der Waals surface area contributed by atoms with Crippen LogP contribution in [0.4, 0.5) is 22.9 Å². The predicted octanol–water partition coefficient (Wildman–Crippen LogP) is 6.33. The van der Waals surface area contributed by atoms with Crippen LogP contribution in [0.25, 0.3) is 22.5 Å². The number of rotatable bonds is 7. The molecule has 0 atom stereocenters. The summed E-state index contributed by atoms with van der Waals surface area (Å²) >= 11 is 13.2. The number of nitrogens with zero attached hydrogens (tertiary/aromatic N) is 3. The van der Waals surface area contributed by atoms with E-state index in [0.717, 1.165) is 24.0 Å². The molecule has 0 bridgehead atoms. The summed E-state index contributed by atoms with van der Waals surface area (Å²) in [5, 5.41) is 3.82. The maximum Gasteiger partial charge on any atom is 0.143 e. The van der Waals surface area contributed by atoms with Crippen LogP contribution in [0.3, 0.4) is 0 Å². The zero-order valence-electron chi connectivity index (χ0n) is 21.5. The quantitative estimate of drug-likeness (QED) is 0.219. The molecule has 5 rings (SSSR count). The van der Waals surface area contributed by atoms with Crippen molar-refractivity contribution < 1.29 is 14.2 Å². The third-order valence-electron chi connectivity index (χ3n) is 6.80. The Morgan fingerprint density at radius 3 is 2.31 bits per heavy atom. The number of hydrogen-bond donors (Lipinski definition) is 3. The van der Waals surface area contributed by atoms with Crippen molar-refractivity contribution in [2.24, 2.45) is 0 Å². The summed E-state index contributed by atoms with van der Waals surface area (Å²) in [5.74, 6) is 1.57. The first-order valence-corrected chi connectivity index (χ1v) is 13.1. The van der Waals surface area contributed by atoms with Crippen molar-refractivity contribution in [1.82, 2.24) is 15.0 Å². The number of aromatic nitrogens is 3. The summed E-state index contributed by atoms with van der Waals surface area (Å²) in [7, 11) is 3.03. The SMILES string of the molecule is COc1cc(OC)c(Cl)c(Nc2ncccc2-c2cc(-c3c(C4CCOCC4)ccc(N)c3N)ncn2)c1Cl. The highest BCUT2D eigenvalue weighted by atomic mass is 35.5. The minimum Gasteiger partial charge on any atom is -0.495 e. The predicted molar refractivity (Wildman–Crippen MR) is 155 cm³/mol. The van der Waals surface area contributed by atoms with Crippen LogP contribution in [0.15, 0.2) is 48.9 Å². The normalized spacial score (nSPS) is 13.7. The average molecular weight is 567 g/mol. The lowest BCUT2D eigenvalue weighted by Crippen LogP contribution is -2.16. The van der Waals surface area contributed by atoms with E-state index in [2.05, 4.69) is 20.3 Å². The molecular weight excluding hydrogens is 539 g/mol. The molecule has 2 aromatic heterocycles. The van der Waals surface area contributed by atoms with Crippen molar-refractivity contribution in [3.05, 3.63) is 64.5 Å². The molecule has 5 N–H and O–H groups in total. The Bertz CT molecular complexity index is 1480. The Morgan fingerprint density at radius 1 is 0.923 bits per heavy atom. The molecule has 0 amide bonds. The highest BCUT2D eigenvalue weighted by Crippen LogP contribution is 2.46. The van der Waals surface area contributed by atoms with Crippen LogP contribution in [-0.2, 0) is 4.74 Å². The topological polar surface area (TPSA) is 130 Å². The van der Waals surface area contributed by atoms with E-state index >= 15 is 0 Å². The average Bonchev–Trinajstić information content (AvgIpc) is 2.97. The summed E-state index contributed by atoms with van der Waals surface area (Å²) < 4.78 is 16.4. The van der Waals surface area contributed by atoms with E-state index in [0.29, 0.717) is 64.5 Å². The van der Waals surface area contributed by atoms with Gasteiger partial charge in [-0.3, -0.25) is 0 Å². The third-order valence-corrected chi connectivity index (χ3v) is 7.55. The molecule has 1 fully saturated rings. The Labute approximate surface area is 236 Å². The molecule has 9 nitrogen and oxygen atoms in total. The lowest BCUT2D eigenvalue weighted by molar-refractivity contribution is 0.0854. The molecule has 1 aliphatic rings. The maximum absolute atomic E-state index is 6.60. The number of benzene rings is 2. The first kappa shape index (κ1) is 26.8. The lowest BCUT2D eigenvalue weighted by Gasteiger charge is -2.26. The van der Waals surface area contributed by atoms with Crippen LogP contribution >= 0.6 is 23.2 Å². The number of anilines is 4. The van der Waals surface area contributed by atoms with Crippen molar-refractivity contribution in [3.8, 4) is 34.0 Å². The number of hydrogen-bond acceptors (Lipinski definition) is 9. The van der Waals surface area contributed by atoms with Gasteiger partial charge in [0.15, 0.2) is 0 Å². The van der Waals surface area contributed by atoms with Crippen LogP contribution in [-0.4, -0.2) is 42.4 Å². The molecule has 202 valence electrons. The zero-order chi connectivity index (χ0) is 27.5. The van der Waals surface area contributed by atoms with E-state index in [-0.39, 0.29) is 16.0 Å². The van der Waals surface area contributed by atoms with E-state index in [4.69, 9.17) is 48.9 Å². The Morgan fingerprint density at radius 2 is 1.62 bits per heavy atom. The molecular formula is C28H28Cl2N6O3. The van der Waals surface area contributed by atoms with Gasteiger partial charge in [0.1, 0.15) is 33.7 Å². The summed E-state index contributed by atoms with van der Waals surface area (Å²) in [4.78, 5) is 13.7. The second-order valence-electron chi connectivity index (χ2n) is 9.02. The minimum absolute atomic E-state index is 0.289. The maximum atomic E-state index is 6.60. The first-order chi connectivity index (χ1) is 18.9. The summed E-state index contributed by atoms with van der Waals surface area (Å²) in [6, 6.07) is 11.1. The number of pyridine rings is 1. The number of halogens is 2. The lowest BCUT2D eigenvalue weighted by atomic mass is 9.86. The Balaban J connectivity index is 1.59. The monoisotopic (exact) mass is 566 g/mol. The summed E-state index contributed by atoms with van der Waals surface area (Å²) in [6.45, 7) is 1.41. The highest BCUT2D eigenvalue weighted by molar-refractivity contribution is 6.41. The molecule has 2 aromatic carbocycles. The van der Waals surface area contributed by atoms with Crippen molar-refractivity contribution in [1.29, 1.82) is 0 Å². The number of nitrogen functional groups attached to an aromatic ring is 2. The standard InChI is InChI=1S/C28H28Cl2N6O3/c1-37-21-13-22(38-2)25(30)27(24(21)29)36-28-17(4-3-9-33-28)19-12-20(35-14-34-19)23-16(5-6-18(31)26(23)32)15-7-10-39-11-8-15/h3-6,9,12-15H,7-8,10-11,31-32H2,1-2H3,(H,33,36). The van der Waals surface area contributed by atoms with Gasteiger partial charge in [-0.1, -0.05) is 29.3 Å². The largest absolute Gasteiger partial charge is 0.495 e. The van der Waals surface area contributed by atoms with E-state index < -0.39 is 0 Å². The molecule has 3 heterocycles. The van der Waals surface area contributed by atoms with Gasteiger partial charge in [-0.25, -0.2) is 15.0 Å². The van der Waals surface area contributed by atoms with E-state index in [1.165, 1.54) is 20.5 Å². The van der Waals surface area contributed by atoms with Crippen molar-refractivity contribution >= 4 is 46.1 Å². The van der Waals surface area contributed by atoms with Gasteiger partial charge in [0.05, 0.1) is 42.7 Å². The number of ether oxygens (including phenoxy) is 3. The second kappa shape index (κ2) is 11.5. The van der Waals surface area contributed by atoms with Gasteiger partial charge in [-0.05, 0) is 48.6 Å². The number of methoxy groups -OCH3 is 2. The van der Waals surface area contributed by atoms with Gasteiger partial charge >= 0.3 is 0 Å². The molecule has 1 aliphatic heterocycles. The molecule has 1 saturated heterocycles. The van der Waals surface area contributed by atoms with Gasteiger partial charge in [0.25, 0.3) is 0 Å². The molecule has 0 spiro atoms. The Hall–Kier alpha value is -3.79. The molecule has 11 heteroatoms. The Kier molecular flexibility index (Phi) is 7.92. The molecule has 39 heavy (non-hydrogen) atoms. The molecule has 0 unspecified atom stereocenters. The van der Waals surface area contributed by atoms with Crippen LogP contribution < -0.4 is 26.3 Å². The fraction of sp³-hybridized carbons (Fsp3) is 0.250. The van der Waals surface area contributed by atoms with Crippen molar-refractivity contribution in [3.63, 3.8) is 0 Å². The van der Waals surface area contributed by atoms with Gasteiger partial charge < -0.3 is 31.0 Å². The van der Waals surface area contributed by atoms with Crippen LogP contribution in [0.1, 0.15) is 24.3 Å². The van der Waals surface area contributed by atoms with E-state index in [9.17, 15) is 0 Å². The second-order valence-corrected chi connectivity index (χ2v) is 9.77. The van der Waals surface area contributed by atoms with Crippen molar-refractivity contribution in [2.75, 3.05) is 44.2 Å². The van der Waals surface area contributed by atoms with Gasteiger partial charge in [-0.15, -0.1) is 0 Å². The fourth-order valence-electron chi connectivity index (χ4n) is 4.75. The van der Waals surface area contributed by atoms with Gasteiger partial charge in [-0.2, -0.15) is 0 Å². The minimum atomic E-state index is 0.289. The third kappa shape index (κ3) is 5.25. The van der Waals surface area contributed by atoms with Crippen LogP contribution in [0.5, 0.6) is 11.5 Å². The number of nitrogens with two attached hydrogens (primary N) is 2. The fourth-order valence-corrected chi connectivity index (χ4v) is 5.35. The van der Waals surface area contributed by atoms with Crippen molar-refractivity contribution in [2.45, 2.75) is 18.8 Å². The van der Waals surface area contributed by atoms with E-state index in [1.54, 1.807) is 12.3 Å². The highest BCUT2D eigenvalue weighted by Gasteiger charge is 2.24. The van der Waals surface area contributed by atoms with E-state index in [1.807, 2.05) is 30.3 Å². The smallest absolute Gasteiger partial charge is 0.143 e. The molecule has 0 saturated carbocycles. The number of nitrogens with one attached hydrogen (secondary N) is 1. The van der Waals surface area contributed by atoms with Gasteiger partial charge in [0, 0.05) is 36.6 Å².